The van der Waals surface area contributed by atoms with Gasteiger partial charge in [0.1, 0.15) is 0 Å². The van der Waals surface area contributed by atoms with Gasteiger partial charge in [-0.1, -0.05) is 29.8 Å². The van der Waals surface area contributed by atoms with Crippen LogP contribution in [0.25, 0.3) is 0 Å². The lowest BCUT2D eigenvalue weighted by Crippen LogP contribution is -2.17. The fraction of sp³-hybridized carbons (Fsp3) is 0.538. The van der Waals surface area contributed by atoms with Crippen LogP contribution in [0.3, 0.4) is 0 Å². The zero-order valence-electron chi connectivity index (χ0n) is 11.3. The standard InChI is InChI=1S/C13H22NO3P/c1-4-16-18(15,17-5-2)10-13(14)12-8-6-7-11(3)9-12/h6-9,13H,4-5,10,14H2,1-3H3/t13-/m0/s1. The van der Waals surface area contributed by atoms with Crippen LogP contribution in [-0.2, 0) is 13.6 Å². The van der Waals surface area contributed by atoms with Crippen LogP contribution in [0.4, 0.5) is 0 Å². The van der Waals surface area contributed by atoms with Gasteiger partial charge < -0.3 is 14.8 Å². The van der Waals surface area contributed by atoms with Crippen LogP contribution in [0.15, 0.2) is 24.3 Å². The molecule has 0 spiro atoms. The summed E-state index contributed by atoms with van der Waals surface area (Å²) in [6.07, 6.45) is 0.206. The fourth-order valence-corrected chi connectivity index (χ4v) is 3.55. The minimum absolute atomic E-state index is 0.206. The van der Waals surface area contributed by atoms with Crippen molar-refractivity contribution >= 4 is 7.60 Å². The van der Waals surface area contributed by atoms with Gasteiger partial charge in [0, 0.05) is 6.04 Å². The third kappa shape index (κ3) is 4.54. The molecule has 0 unspecified atom stereocenters. The Morgan fingerprint density at radius 2 is 1.89 bits per heavy atom. The average molecular weight is 271 g/mol. The summed E-state index contributed by atoms with van der Waals surface area (Å²) in [5.41, 5.74) is 8.16. The van der Waals surface area contributed by atoms with Gasteiger partial charge in [-0.05, 0) is 26.3 Å². The molecule has 2 N–H and O–H groups in total. The number of benzene rings is 1. The molecule has 0 radical (unpaired) electrons. The van der Waals surface area contributed by atoms with Crippen molar-refractivity contribution in [3.8, 4) is 0 Å². The van der Waals surface area contributed by atoms with E-state index in [2.05, 4.69) is 0 Å². The molecule has 0 fully saturated rings. The van der Waals surface area contributed by atoms with E-state index in [4.69, 9.17) is 14.8 Å². The summed E-state index contributed by atoms with van der Waals surface area (Å²) >= 11 is 0. The Hall–Kier alpha value is -0.670. The van der Waals surface area contributed by atoms with Crippen molar-refractivity contribution in [2.75, 3.05) is 19.4 Å². The quantitative estimate of drug-likeness (QED) is 0.773. The summed E-state index contributed by atoms with van der Waals surface area (Å²) in [5, 5.41) is 0. The van der Waals surface area contributed by atoms with Crippen LogP contribution in [-0.4, -0.2) is 19.4 Å². The number of rotatable bonds is 7. The number of aryl methyl sites for hydroxylation is 1. The lowest BCUT2D eigenvalue weighted by molar-refractivity contribution is 0.218. The molecule has 102 valence electrons. The normalized spacial score (nSPS) is 13.6. The fourth-order valence-electron chi connectivity index (χ4n) is 1.78. The molecule has 0 aromatic heterocycles. The first-order valence-corrected chi connectivity index (χ1v) is 7.94. The Balaban J connectivity index is 2.78. The van der Waals surface area contributed by atoms with Crippen molar-refractivity contribution in [2.24, 2.45) is 5.73 Å². The van der Waals surface area contributed by atoms with E-state index < -0.39 is 7.60 Å². The zero-order valence-corrected chi connectivity index (χ0v) is 12.2. The van der Waals surface area contributed by atoms with Crippen LogP contribution in [0.2, 0.25) is 0 Å². The van der Waals surface area contributed by atoms with Crippen molar-refractivity contribution in [3.05, 3.63) is 35.4 Å². The van der Waals surface area contributed by atoms with Crippen molar-refractivity contribution in [1.82, 2.24) is 0 Å². The van der Waals surface area contributed by atoms with Gasteiger partial charge >= 0.3 is 7.60 Å². The SMILES string of the molecule is CCOP(=O)(C[C@H](N)c1cccc(C)c1)OCC. The summed E-state index contributed by atoms with van der Waals surface area (Å²) in [7, 11) is -3.08. The number of nitrogens with two attached hydrogens (primary N) is 1. The molecule has 4 nitrogen and oxygen atoms in total. The summed E-state index contributed by atoms with van der Waals surface area (Å²) in [4.78, 5) is 0. The minimum Gasteiger partial charge on any atom is -0.323 e. The van der Waals surface area contributed by atoms with E-state index >= 15 is 0 Å². The first-order valence-electron chi connectivity index (χ1n) is 6.21. The molecule has 0 heterocycles. The van der Waals surface area contributed by atoms with E-state index in [0.29, 0.717) is 13.2 Å². The van der Waals surface area contributed by atoms with Gasteiger partial charge in [-0.15, -0.1) is 0 Å². The number of hydrogen-bond acceptors (Lipinski definition) is 4. The maximum absolute atomic E-state index is 12.4. The molecule has 0 aliphatic carbocycles. The molecule has 1 aromatic carbocycles. The Bertz CT molecular complexity index is 412. The van der Waals surface area contributed by atoms with Gasteiger partial charge in [-0.25, -0.2) is 0 Å². The third-order valence-electron chi connectivity index (χ3n) is 2.54. The van der Waals surface area contributed by atoms with Crippen LogP contribution in [0.1, 0.15) is 31.0 Å². The van der Waals surface area contributed by atoms with E-state index in [1.165, 1.54) is 0 Å². The highest BCUT2D eigenvalue weighted by molar-refractivity contribution is 7.53. The molecule has 0 aliphatic heterocycles. The molecule has 0 saturated carbocycles. The molecule has 1 atom stereocenters. The van der Waals surface area contributed by atoms with E-state index in [-0.39, 0.29) is 12.2 Å². The van der Waals surface area contributed by atoms with Gasteiger partial charge in [0.2, 0.25) is 0 Å². The third-order valence-corrected chi connectivity index (χ3v) is 4.69. The van der Waals surface area contributed by atoms with Crippen LogP contribution in [0, 0.1) is 6.92 Å². The summed E-state index contributed by atoms with van der Waals surface area (Å²) < 4.78 is 22.8. The van der Waals surface area contributed by atoms with Crippen molar-refractivity contribution < 1.29 is 13.6 Å². The molecule has 0 saturated heterocycles. The second kappa shape index (κ2) is 7.05. The second-order valence-electron chi connectivity index (χ2n) is 4.15. The molecule has 0 bridgehead atoms. The molecule has 1 aromatic rings. The van der Waals surface area contributed by atoms with Crippen LogP contribution < -0.4 is 5.73 Å². The predicted molar refractivity (Wildman–Crippen MR) is 73.8 cm³/mol. The Kier molecular flexibility index (Phi) is 6.03. The molecule has 5 heteroatoms. The van der Waals surface area contributed by atoms with Gasteiger partial charge in [0.25, 0.3) is 0 Å². The largest absolute Gasteiger partial charge is 0.332 e. The van der Waals surface area contributed by atoms with Crippen molar-refractivity contribution in [2.45, 2.75) is 26.8 Å². The predicted octanol–water partition coefficient (Wildman–Crippen LogP) is 3.26. The highest BCUT2D eigenvalue weighted by Crippen LogP contribution is 2.50. The van der Waals surface area contributed by atoms with Gasteiger partial charge in [0.15, 0.2) is 0 Å². The average Bonchev–Trinajstić information content (AvgIpc) is 2.29. The maximum Gasteiger partial charge on any atom is 0.332 e. The zero-order chi connectivity index (χ0) is 13.6. The molecular formula is C13H22NO3P. The van der Waals surface area contributed by atoms with Crippen molar-refractivity contribution in [1.29, 1.82) is 0 Å². The van der Waals surface area contributed by atoms with Crippen LogP contribution >= 0.6 is 7.60 Å². The van der Waals surface area contributed by atoms with Crippen molar-refractivity contribution in [3.63, 3.8) is 0 Å². The van der Waals surface area contributed by atoms with E-state index in [1.807, 2.05) is 31.2 Å². The summed E-state index contributed by atoms with van der Waals surface area (Å²) in [6.45, 7) is 6.31. The Morgan fingerprint density at radius 1 is 1.28 bits per heavy atom. The van der Waals surface area contributed by atoms with E-state index in [9.17, 15) is 4.57 Å². The lowest BCUT2D eigenvalue weighted by atomic mass is 10.1. The molecule has 0 aliphatic rings. The van der Waals surface area contributed by atoms with Gasteiger partial charge in [-0.3, -0.25) is 4.57 Å². The number of hydrogen-bond donors (Lipinski definition) is 1. The highest BCUT2D eigenvalue weighted by Gasteiger charge is 2.27. The van der Waals surface area contributed by atoms with Gasteiger partial charge in [0.05, 0.1) is 19.4 Å². The second-order valence-corrected chi connectivity index (χ2v) is 6.25. The molecule has 0 amide bonds. The highest BCUT2D eigenvalue weighted by atomic mass is 31.2. The molecular weight excluding hydrogens is 249 g/mol. The van der Waals surface area contributed by atoms with E-state index in [0.717, 1.165) is 11.1 Å². The van der Waals surface area contributed by atoms with E-state index in [1.54, 1.807) is 13.8 Å². The molecule has 18 heavy (non-hydrogen) atoms. The maximum atomic E-state index is 12.4. The molecule has 1 rings (SSSR count). The summed E-state index contributed by atoms with van der Waals surface area (Å²) in [6, 6.07) is 7.53. The van der Waals surface area contributed by atoms with Crippen LogP contribution in [0.5, 0.6) is 0 Å². The smallest absolute Gasteiger partial charge is 0.323 e. The first kappa shape index (κ1) is 15.4. The van der Waals surface area contributed by atoms with Gasteiger partial charge in [-0.2, -0.15) is 0 Å². The monoisotopic (exact) mass is 271 g/mol. The minimum atomic E-state index is -3.08. The Morgan fingerprint density at radius 3 is 2.39 bits per heavy atom. The lowest BCUT2D eigenvalue weighted by Gasteiger charge is -2.21. The Labute approximate surface area is 109 Å². The summed E-state index contributed by atoms with van der Waals surface area (Å²) in [5.74, 6) is 0. The first-order chi connectivity index (χ1) is 8.50. The topological polar surface area (TPSA) is 61.5 Å².